The topological polar surface area (TPSA) is 24.7 Å². The normalized spacial score (nSPS) is 12.0. The minimum Gasteiger partial charge on any atom is -0.255 e. The van der Waals surface area contributed by atoms with Crippen molar-refractivity contribution in [2.24, 2.45) is 9.98 Å². The van der Waals surface area contributed by atoms with Gasteiger partial charge in [-0.2, -0.15) is 0 Å². The summed E-state index contributed by atoms with van der Waals surface area (Å²) >= 11 is 0. The number of nitrogens with zero attached hydrogens (tertiary/aromatic N) is 2. The fourth-order valence-electron chi connectivity index (χ4n) is 6.52. The number of hydrogen-bond donors (Lipinski definition) is 0. The minimum absolute atomic E-state index is 0.958. The Morgan fingerprint density at radius 1 is 0.556 bits per heavy atom. The molecule has 0 saturated heterocycles. The van der Waals surface area contributed by atoms with Gasteiger partial charge < -0.3 is 0 Å². The van der Waals surface area contributed by atoms with E-state index >= 15 is 0 Å². The van der Waals surface area contributed by atoms with E-state index in [1.54, 1.807) is 5.56 Å². The minimum atomic E-state index is 0.958. The molecule has 0 saturated carbocycles. The van der Waals surface area contributed by atoms with E-state index in [1.165, 1.54) is 123 Å². The lowest BCUT2D eigenvalue weighted by Gasteiger charge is -2.17. The van der Waals surface area contributed by atoms with E-state index in [9.17, 15) is 0 Å². The molecule has 2 heteroatoms. The predicted molar refractivity (Wildman–Crippen MR) is 202 cm³/mol. The maximum Gasteiger partial charge on any atom is 0.0639 e. The third kappa shape index (κ3) is 12.0. The molecule has 0 spiro atoms. The van der Waals surface area contributed by atoms with Gasteiger partial charge in [-0.05, 0) is 128 Å². The Morgan fingerprint density at radius 3 is 1.67 bits per heavy atom. The van der Waals surface area contributed by atoms with E-state index in [-0.39, 0.29) is 0 Å². The van der Waals surface area contributed by atoms with Crippen LogP contribution in [0.4, 0.5) is 11.4 Å². The summed E-state index contributed by atoms with van der Waals surface area (Å²) in [7, 11) is 0. The molecule has 0 aromatic heterocycles. The summed E-state index contributed by atoms with van der Waals surface area (Å²) in [6.07, 6.45) is 22.9. The van der Waals surface area contributed by atoms with E-state index < -0.39 is 0 Å². The fourth-order valence-corrected chi connectivity index (χ4v) is 6.52. The van der Waals surface area contributed by atoms with Gasteiger partial charge in [-0.15, -0.1) is 0 Å². The molecule has 45 heavy (non-hydrogen) atoms. The third-order valence-electron chi connectivity index (χ3n) is 9.07. The van der Waals surface area contributed by atoms with E-state index in [2.05, 4.69) is 96.1 Å². The maximum absolute atomic E-state index is 5.14. The number of unbranched alkanes of at least 4 members (excludes halogenated alkanes) is 8. The van der Waals surface area contributed by atoms with E-state index in [0.717, 1.165) is 36.3 Å². The first-order valence-corrected chi connectivity index (χ1v) is 18.5. The smallest absolute Gasteiger partial charge is 0.0639 e. The first-order chi connectivity index (χ1) is 22.0. The van der Waals surface area contributed by atoms with E-state index in [4.69, 9.17) is 9.98 Å². The summed E-state index contributed by atoms with van der Waals surface area (Å²) in [5, 5.41) is 0. The van der Waals surface area contributed by atoms with Crippen LogP contribution in [0.1, 0.15) is 146 Å². The lowest BCUT2D eigenvalue weighted by atomic mass is 9.90. The summed E-state index contributed by atoms with van der Waals surface area (Å²) in [6.45, 7) is 13.6. The van der Waals surface area contributed by atoms with Crippen molar-refractivity contribution in [3.8, 4) is 11.1 Å². The summed E-state index contributed by atoms with van der Waals surface area (Å²) < 4.78 is 0. The SMILES string of the molecule is CCCCCCc1cc(N=C(C)C=Nc2cc(CCCCCC)c(CC)c(-c3ccccc3)c2)cc(CCCC)c1CCCC. The molecule has 0 radical (unpaired) electrons. The van der Waals surface area contributed by atoms with Crippen LogP contribution in [0.25, 0.3) is 11.1 Å². The molecule has 0 N–H and O–H groups in total. The molecule has 0 fully saturated rings. The molecule has 244 valence electrons. The molecule has 0 heterocycles. The van der Waals surface area contributed by atoms with Crippen molar-refractivity contribution in [1.29, 1.82) is 0 Å². The first kappa shape index (κ1) is 36.5. The highest BCUT2D eigenvalue weighted by Crippen LogP contribution is 2.33. The number of aryl methyl sites for hydroxylation is 3. The Morgan fingerprint density at radius 2 is 1.09 bits per heavy atom. The van der Waals surface area contributed by atoms with Crippen molar-refractivity contribution in [3.05, 3.63) is 82.4 Å². The van der Waals surface area contributed by atoms with Crippen LogP contribution in [0.15, 0.2) is 64.6 Å². The summed E-state index contributed by atoms with van der Waals surface area (Å²) in [4.78, 5) is 10.2. The Labute approximate surface area is 276 Å². The van der Waals surface area contributed by atoms with Crippen molar-refractivity contribution in [2.45, 2.75) is 151 Å². The first-order valence-electron chi connectivity index (χ1n) is 18.5. The molecule has 0 bridgehead atoms. The van der Waals surface area contributed by atoms with Crippen LogP contribution < -0.4 is 0 Å². The molecule has 0 amide bonds. The zero-order chi connectivity index (χ0) is 32.3. The van der Waals surface area contributed by atoms with E-state index in [1.807, 2.05) is 6.21 Å². The third-order valence-corrected chi connectivity index (χ3v) is 9.07. The standard InChI is InChI=1S/C43H62N2/c1-7-12-16-19-26-36-29-39(32-43(41(36)11-5)35-24-21-18-22-25-35)44-33-34(6)45-40-30-37(23-14-9-3)42(28-15-10-4)38(31-40)27-20-17-13-8-2/h18,21-22,24-25,29-33H,7-17,19-20,23,26-28H2,1-6H3. The highest BCUT2D eigenvalue weighted by atomic mass is 14.8. The monoisotopic (exact) mass is 606 g/mol. The highest BCUT2D eigenvalue weighted by Gasteiger charge is 2.13. The zero-order valence-electron chi connectivity index (χ0n) is 29.7. The molecular weight excluding hydrogens is 544 g/mol. The van der Waals surface area contributed by atoms with Crippen molar-refractivity contribution >= 4 is 23.3 Å². The van der Waals surface area contributed by atoms with Crippen LogP contribution in [-0.4, -0.2) is 11.9 Å². The molecule has 0 aliphatic rings. The molecule has 2 nitrogen and oxygen atoms in total. The predicted octanol–water partition coefficient (Wildman–Crippen LogP) is 13.3. The number of benzene rings is 3. The Hall–Kier alpha value is -3.00. The van der Waals surface area contributed by atoms with Gasteiger partial charge in [-0.3, -0.25) is 9.98 Å². The average molecular weight is 607 g/mol. The second-order valence-corrected chi connectivity index (χ2v) is 12.9. The number of rotatable bonds is 21. The Balaban J connectivity index is 1.97. The molecule has 0 aliphatic heterocycles. The van der Waals surface area contributed by atoms with Gasteiger partial charge in [0.1, 0.15) is 0 Å². The lowest BCUT2D eigenvalue weighted by molar-refractivity contribution is 0.660. The molecule has 3 rings (SSSR count). The van der Waals surface area contributed by atoms with Crippen molar-refractivity contribution in [3.63, 3.8) is 0 Å². The molecule has 0 unspecified atom stereocenters. The van der Waals surface area contributed by atoms with E-state index in [0.29, 0.717) is 0 Å². The lowest BCUT2D eigenvalue weighted by Crippen LogP contribution is -2.02. The van der Waals surface area contributed by atoms with Crippen LogP contribution in [-0.2, 0) is 32.1 Å². The quantitative estimate of drug-likeness (QED) is 0.0851. The summed E-state index contributed by atoms with van der Waals surface area (Å²) in [5.41, 5.74) is 13.3. The van der Waals surface area contributed by atoms with Crippen molar-refractivity contribution < 1.29 is 0 Å². The molecule has 3 aromatic carbocycles. The van der Waals surface area contributed by atoms with Crippen LogP contribution >= 0.6 is 0 Å². The largest absolute Gasteiger partial charge is 0.255 e. The van der Waals surface area contributed by atoms with Gasteiger partial charge in [0.05, 0.1) is 17.1 Å². The number of aliphatic imine (C=N–C) groups is 2. The van der Waals surface area contributed by atoms with Gasteiger partial charge in [0.15, 0.2) is 0 Å². The van der Waals surface area contributed by atoms with Crippen molar-refractivity contribution in [2.75, 3.05) is 0 Å². The van der Waals surface area contributed by atoms with Crippen LogP contribution in [0.5, 0.6) is 0 Å². The molecule has 0 aliphatic carbocycles. The maximum atomic E-state index is 5.14. The zero-order valence-corrected chi connectivity index (χ0v) is 29.7. The van der Waals surface area contributed by atoms with Crippen molar-refractivity contribution in [1.82, 2.24) is 0 Å². The van der Waals surface area contributed by atoms with Crippen LogP contribution in [0, 0.1) is 0 Å². The van der Waals surface area contributed by atoms with Gasteiger partial charge in [0, 0.05) is 6.21 Å². The van der Waals surface area contributed by atoms with Gasteiger partial charge in [0.25, 0.3) is 0 Å². The summed E-state index contributed by atoms with van der Waals surface area (Å²) in [6, 6.07) is 20.2. The fraction of sp³-hybridized carbons (Fsp3) is 0.535. The van der Waals surface area contributed by atoms with Crippen LogP contribution in [0.2, 0.25) is 0 Å². The highest BCUT2D eigenvalue weighted by molar-refractivity contribution is 6.30. The average Bonchev–Trinajstić information content (AvgIpc) is 3.06. The van der Waals surface area contributed by atoms with Gasteiger partial charge in [-0.1, -0.05) is 116 Å². The van der Waals surface area contributed by atoms with Crippen LogP contribution in [0.3, 0.4) is 0 Å². The second kappa shape index (κ2) is 20.9. The molecule has 3 aromatic rings. The Kier molecular flexibility index (Phi) is 17.0. The number of hydrogen-bond acceptors (Lipinski definition) is 2. The molecular formula is C43H62N2. The second-order valence-electron chi connectivity index (χ2n) is 12.9. The summed E-state index contributed by atoms with van der Waals surface area (Å²) in [5.74, 6) is 0. The Bertz CT molecular complexity index is 1330. The van der Waals surface area contributed by atoms with Gasteiger partial charge in [-0.25, -0.2) is 0 Å². The van der Waals surface area contributed by atoms with Gasteiger partial charge >= 0.3 is 0 Å². The molecule has 0 atom stereocenters. The van der Waals surface area contributed by atoms with Gasteiger partial charge in [0.2, 0.25) is 0 Å².